The highest BCUT2D eigenvalue weighted by atomic mass is 79.9. The quantitative estimate of drug-likeness (QED) is 0.218. The molecule has 0 unspecified atom stereocenters. The monoisotopic (exact) mass is 543 g/mol. The van der Waals surface area contributed by atoms with Gasteiger partial charge in [0.05, 0.1) is 24.7 Å². The number of amides is 1. The number of unbranched alkanes of at least 4 members (excludes halogenated alkanes) is 1. The molecule has 35 heavy (non-hydrogen) atoms. The van der Waals surface area contributed by atoms with Crippen molar-refractivity contribution in [3.8, 4) is 5.75 Å². The third-order valence-corrected chi connectivity index (χ3v) is 6.87. The number of hydrogen-bond acceptors (Lipinski definition) is 3. The molecule has 1 aliphatic rings. The first-order valence-corrected chi connectivity index (χ1v) is 12.6. The maximum Gasteiger partial charge on any atom is 0.233 e. The highest BCUT2D eigenvalue weighted by molar-refractivity contribution is 9.10. The Balaban J connectivity index is 1.61. The molecule has 1 aliphatic heterocycles. The molecule has 0 aromatic heterocycles. The Labute approximate surface area is 212 Å². The summed E-state index contributed by atoms with van der Waals surface area (Å²) in [6.45, 7) is 2.65. The summed E-state index contributed by atoms with van der Waals surface area (Å²) < 4.78 is 33.8. The third kappa shape index (κ3) is 5.73. The van der Waals surface area contributed by atoms with Crippen molar-refractivity contribution in [1.29, 1.82) is 0 Å². The van der Waals surface area contributed by atoms with Crippen molar-refractivity contribution in [3.05, 3.63) is 94.0 Å². The molecular weight excluding hydrogens is 516 g/mol. The minimum Gasteiger partial charge on any atom is -0.493 e. The third-order valence-electron chi connectivity index (χ3n) is 6.37. The van der Waals surface area contributed by atoms with Gasteiger partial charge in [-0.1, -0.05) is 47.5 Å². The molecule has 1 heterocycles. The Morgan fingerprint density at radius 2 is 1.69 bits per heavy atom. The molecule has 0 saturated carbocycles. The van der Waals surface area contributed by atoms with Gasteiger partial charge in [-0.3, -0.25) is 4.79 Å². The zero-order valence-corrected chi connectivity index (χ0v) is 21.0. The predicted molar refractivity (Wildman–Crippen MR) is 135 cm³/mol. The molecule has 4 rings (SSSR count). The fourth-order valence-corrected chi connectivity index (χ4v) is 4.81. The van der Waals surface area contributed by atoms with Crippen LogP contribution in [0.25, 0.3) is 0 Å². The Hall–Kier alpha value is -2.77. The summed E-state index contributed by atoms with van der Waals surface area (Å²) in [4.78, 5) is 15.0. The summed E-state index contributed by atoms with van der Waals surface area (Å²) in [7, 11) is 0. The number of halogens is 3. The predicted octanol–water partition coefficient (Wildman–Crippen LogP) is 7.12. The number of rotatable bonds is 10. The van der Waals surface area contributed by atoms with Crippen LogP contribution in [0, 0.1) is 17.6 Å². The molecule has 1 N–H and O–H groups in total. The molecule has 7 heteroatoms. The van der Waals surface area contributed by atoms with Gasteiger partial charge in [-0.05, 0) is 73.4 Å². The summed E-state index contributed by atoms with van der Waals surface area (Å²) in [5, 5.41) is 10.7. The maximum absolute atomic E-state index is 13.6. The molecule has 4 nitrogen and oxygen atoms in total. The second-order valence-corrected chi connectivity index (χ2v) is 9.68. The molecule has 0 aliphatic carbocycles. The fourth-order valence-electron chi connectivity index (χ4n) is 4.47. The first kappa shape index (κ1) is 25.3. The molecule has 3 aromatic carbocycles. The standard InChI is InChI=1S/C28H28BrF2NO3/c1-2-3-16-35-26-17-19(29)6-13-23(26)27-24(14-15-25(33)18-4-7-20(30)8-5-18)28(34)32(27)22-11-9-21(31)10-12-22/h4-13,17,24-25,27,33H,2-3,14-16H2,1H3/t24-,25+,27-/m1/s1. The van der Waals surface area contributed by atoms with E-state index in [1.807, 2.05) is 18.2 Å². The smallest absolute Gasteiger partial charge is 0.233 e. The Morgan fingerprint density at radius 1 is 1.03 bits per heavy atom. The number of carbonyl (C=O) groups is 1. The SMILES string of the molecule is CCCCOc1cc(Br)ccc1[C@@H]1[C@@H](CC[C@H](O)c2ccc(F)cc2)C(=O)N1c1ccc(F)cc1. The van der Waals surface area contributed by atoms with Gasteiger partial charge in [-0.2, -0.15) is 0 Å². The minimum atomic E-state index is -0.811. The normalized spacial score (nSPS) is 18.3. The summed E-state index contributed by atoms with van der Waals surface area (Å²) in [5.41, 5.74) is 2.09. The van der Waals surface area contributed by atoms with Crippen LogP contribution in [0.3, 0.4) is 0 Å². The summed E-state index contributed by atoms with van der Waals surface area (Å²) in [6, 6.07) is 17.1. The van der Waals surface area contributed by atoms with E-state index in [2.05, 4.69) is 22.9 Å². The van der Waals surface area contributed by atoms with Gasteiger partial charge >= 0.3 is 0 Å². The number of ether oxygens (including phenoxy) is 1. The van der Waals surface area contributed by atoms with E-state index in [0.29, 0.717) is 36.4 Å². The lowest BCUT2D eigenvalue weighted by molar-refractivity contribution is -0.131. The Kier molecular flexibility index (Phi) is 8.19. The minimum absolute atomic E-state index is 0.0876. The lowest BCUT2D eigenvalue weighted by Crippen LogP contribution is -2.55. The van der Waals surface area contributed by atoms with Gasteiger partial charge in [0, 0.05) is 15.7 Å². The van der Waals surface area contributed by atoms with Gasteiger partial charge in [-0.15, -0.1) is 0 Å². The van der Waals surface area contributed by atoms with Crippen LogP contribution in [-0.4, -0.2) is 17.6 Å². The molecule has 1 fully saturated rings. The van der Waals surface area contributed by atoms with Crippen molar-refractivity contribution < 1.29 is 23.4 Å². The summed E-state index contributed by atoms with van der Waals surface area (Å²) in [5.74, 6) is -0.512. The summed E-state index contributed by atoms with van der Waals surface area (Å²) >= 11 is 3.51. The molecule has 3 aromatic rings. The summed E-state index contributed by atoms with van der Waals surface area (Å²) in [6.07, 6.45) is 1.87. The molecule has 184 valence electrons. The van der Waals surface area contributed by atoms with Gasteiger partial charge in [0.15, 0.2) is 0 Å². The molecule has 1 amide bonds. The Bertz CT molecular complexity index is 1150. The van der Waals surface area contributed by atoms with Crippen LogP contribution < -0.4 is 9.64 Å². The second kappa shape index (κ2) is 11.3. The van der Waals surface area contributed by atoms with Crippen molar-refractivity contribution in [2.45, 2.75) is 44.8 Å². The first-order chi connectivity index (χ1) is 16.9. The highest BCUT2D eigenvalue weighted by Gasteiger charge is 2.49. The van der Waals surface area contributed by atoms with Crippen molar-refractivity contribution in [1.82, 2.24) is 0 Å². The average molecular weight is 544 g/mol. The van der Waals surface area contributed by atoms with E-state index < -0.39 is 6.10 Å². The van der Waals surface area contributed by atoms with Crippen LogP contribution in [0.2, 0.25) is 0 Å². The van der Waals surface area contributed by atoms with Crippen LogP contribution in [-0.2, 0) is 4.79 Å². The van der Waals surface area contributed by atoms with Gasteiger partial charge in [0.2, 0.25) is 5.91 Å². The lowest BCUT2D eigenvalue weighted by Gasteiger charge is -2.48. The van der Waals surface area contributed by atoms with Crippen LogP contribution in [0.5, 0.6) is 5.75 Å². The fraction of sp³-hybridized carbons (Fsp3) is 0.321. The van der Waals surface area contributed by atoms with E-state index >= 15 is 0 Å². The van der Waals surface area contributed by atoms with E-state index in [9.17, 15) is 18.7 Å². The lowest BCUT2D eigenvalue weighted by atomic mass is 9.78. The molecule has 0 radical (unpaired) electrons. The Morgan fingerprint density at radius 3 is 2.34 bits per heavy atom. The number of β-lactam (4-membered cyclic amide) rings is 1. The molecule has 1 saturated heterocycles. The van der Waals surface area contributed by atoms with E-state index in [4.69, 9.17) is 4.74 Å². The largest absolute Gasteiger partial charge is 0.493 e. The van der Waals surface area contributed by atoms with Crippen molar-refractivity contribution in [3.63, 3.8) is 0 Å². The second-order valence-electron chi connectivity index (χ2n) is 8.76. The molecule has 0 bridgehead atoms. The van der Waals surface area contributed by atoms with Gasteiger partial charge < -0.3 is 14.7 Å². The van der Waals surface area contributed by atoms with E-state index in [-0.39, 0.29) is 29.5 Å². The number of benzene rings is 3. The zero-order valence-electron chi connectivity index (χ0n) is 19.5. The van der Waals surface area contributed by atoms with E-state index in [0.717, 1.165) is 22.9 Å². The van der Waals surface area contributed by atoms with Gasteiger partial charge in [0.25, 0.3) is 0 Å². The van der Waals surface area contributed by atoms with Crippen LogP contribution >= 0.6 is 15.9 Å². The van der Waals surface area contributed by atoms with E-state index in [1.165, 1.54) is 24.3 Å². The number of nitrogens with zero attached hydrogens (tertiary/aromatic N) is 1. The van der Waals surface area contributed by atoms with Crippen LogP contribution in [0.15, 0.2) is 71.2 Å². The number of aliphatic hydroxyl groups excluding tert-OH is 1. The van der Waals surface area contributed by atoms with Crippen LogP contribution in [0.1, 0.15) is 55.9 Å². The number of hydrogen-bond donors (Lipinski definition) is 1. The van der Waals surface area contributed by atoms with Crippen molar-refractivity contribution in [2.75, 3.05) is 11.5 Å². The number of anilines is 1. The molecular formula is C28H28BrF2NO3. The van der Waals surface area contributed by atoms with Gasteiger partial charge in [0.1, 0.15) is 17.4 Å². The average Bonchev–Trinajstić information content (AvgIpc) is 2.85. The van der Waals surface area contributed by atoms with Crippen molar-refractivity contribution in [2.24, 2.45) is 5.92 Å². The van der Waals surface area contributed by atoms with Gasteiger partial charge in [-0.25, -0.2) is 8.78 Å². The first-order valence-electron chi connectivity index (χ1n) is 11.8. The number of carbonyl (C=O) groups excluding carboxylic acids is 1. The highest BCUT2D eigenvalue weighted by Crippen LogP contribution is 2.49. The van der Waals surface area contributed by atoms with Crippen LogP contribution in [0.4, 0.5) is 14.5 Å². The van der Waals surface area contributed by atoms with Crippen molar-refractivity contribution >= 4 is 27.5 Å². The molecule has 3 atom stereocenters. The number of aliphatic hydroxyl groups is 1. The molecule has 0 spiro atoms. The topological polar surface area (TPSA) is 49.8 Å². The van der Waals surface area contributed by atoms with E-state index in [1.54, 1.807) is 29.2 Å². The maximum atomic E-state index is 13.6. The zero-order chi connectivity index (χ0) is 24.9.